The van der Waals surface area contributed by atoms with Crippen molar-refractivity contribution < 1.29 is 14.6 Å². The highest BCUT2D eigenvalue weighted by Crippen LogP contribution is 2.36. The summed E-state index contributed by atoms with van der Waals surface area (Å²) in [6, 6.07) is 3.81. The number of aliphatic hydroxyl groups is 1. The van der Waals surface area contributed by atoms with Crippen LogP contribution < -0.4 is 10.6 Å². The van der Waals surface area contributed by atoms with Gasteiger partial charge in [0.25, 0.3) is 0 Å². The van der Waals surface area contributed by atoms with Crippen LogP contribution in [0.4, 0.5) is 16.4 Å². The van der Waals surface area contributed by atoms with Gasteiger partial charge in [-0.1, -0.05) is 0 Å². The molecule has 1 fully saturated rings. The fourth-order valence-electron chi connectivity index (χ4n) is 3.72. The highest BCUT2D eigenvalue weighted by Gasteiger charge is 2.30. The Morgan fingerprint density at radius 3 is 2.93 bits per heavy atom. The molecule has 10 nitrogen and oxygen atoms in total. The predicted octanol–water partition coefficient (Wildman–Crippen LogP) is 3.02. The molecule has 1 aliphatic rings. The van der Waals surface area contributed by atoms with Crippen molar-refractivity contribution >= 4 is 23.2 Å². The molecule has 1 unspecified atom stereocenters. The van der Waals surface area contributed by atoms with Crippen LogP contribution in [-0.2, 0) is 4.74 Å². The maximum atomic E-state index is 11.8. The van der Waals surface area contributed by atoms with E-state index in [9.17, 15) is 9.90 Å². The first-order valence-corrected chi connectivity index (χ1v) is 10.2. The zero-order chi connectivity index (χ0) is 21.3. The monoisotopic (exact) mass is 413 g/mol. The van der Waals surface area contributed by atoms with Gasteiger partial charge in [0.15, 0.2) is 11.6 Å². The summed E-state index contributed by atoms with van der Waals surface area (Å²) < 4.78 is 7.18. The first kappa shape index (κ1) is 20.1. The molecule has 0 spiro atoms. The van der Waals surface area contributed by atoms with E-state index in [0.717, 1.165) is 30.5 Å². The van der Waals surface area contributed by atoms with Crippen molar-refractivity contribution in [1.29, 1.82) is 0 Å². The van der Waals surface area contributed by atoms with Crippen LogP contribution >= 0.6 is 0 Å². The molecule has 30 heavy (non-hydrogen) atoms. The molecule has 160 valence electrons. The van der Waals surface area contributed by atoms with Gasteiger partial charge in [-0.2, -0.15) is 10.2 Å². The number of aromatic amines is 1. The molecule has 1 saturated carbocycles. The van der Waals surface area contributed by atoms with E-state index in [2.05, 4.69) is 30.9 Å². The second kappa shape index (κ2) is 8.31. The minimum absolute atomic E-state index is 0.0569. The molecule has 0 saturated heterocycles. The Hall–Kier alpha value is -3.14. The van der Waals surface area contributed by atoms with Crippen molar-refractivity contribution in [3.8, 4) is 0 Å². The Kier molecular flexibility index (Phi) is 5.58. The quantitative estimate of drug-likeness (QED) is 0.489. The van der Waals surface area contributed by atoms with Crippen LogP contribution in [0.25, 0.3) is 5.52 Å². The number of carbonyl (C=O) groups excluding carboxylic acids is 1. The van der Waals surface area contributed by atoms with Crippen LogP contribution in [0, 0.1) is 0 Å². The molecular formula is C20H27N7O3. The molecule has 3 heterocycles. The van der Waals surface area contributed by atoms with Crippen molar-refractivity contribution in [2.75, 3.05) is 5.32 Å². The SMILES string of the molecule is CC(C)NC(=O)O[C@@H]1CC[C@H](c2cc(Nc3nccn4nc(C(C)O)cc34)n[nH]2)C1. The normalized spacial score (nSPS) is 19.9. The zero-order valence-electron chi connectivity index (χ0n) is 17.3. The number of rotatable bonds is 6. The molecule has 0 bridgehead atoms. The molecule has 3 aromatic rings. The van der Waals surface area contributed by atoms with Gasteiger partial charge in [0, 0.05) is 36.1 Å². The molecule has 1 aliphatic carbocycles. The molecule has 4 N–H and O–H groups in total. The maximum Gasteiger partial charge on any atom is 0.407 e. The van der Waals surface area contributed by atoms with Crippen LogP contribution in [0.5, 0.6) is 0 Å². The first-order chi connectivity index (χ1) is 14.4. The summed E-state index contributed by atoms with van der Waals surface area (Å²) in [6.45, 7) is 5.48. The molecule has 3 aromatic heterocycles. The van der Waals surface area contributed by atoms with Gasteiger partial charge < -0.3 is 20.5 Å². The van der Waals surface area contributed by atoms with Gasteiger partial charge in [0.1, 0.15) is 11.6 Å². The van der Waals surface area contributed by atoms with Gasteiger partial charge in [0.05, 0.1) is 11.8 Å². The molecular weight excluding hydrogens is 386 g/mol. The molecule has 4 rings (SSSR count). The third kappa shape index (κ3) is 4.38. The lowest BCUT2D eigenvalue weighted by molar-refractivity contribution is 0.0981. The highest BCUT2D eigenvalue weighted by atomic mass is 16.6. The van der Waals surface area contributed by atoms with Gasteiger partial charge in [-0.25, -0.2) is 14.3 Å². The lowest BCUT2D eigenvalue weighted by Crippen LogP contribution is -2.33. The first-order valence-electron chi connectivity index (χ1n) is 10.2. The van der Waals surface area contributed by atoms with E-state index < -0.39 is 6.10 Å². The number of aromatic nitrogens is 5. The predicted molar refractivity (Wildman–Crippen MR) is 111 cm³/mol. The number of ether oxygens (including phenoxy) is 1. The van der Waals surface area contributed by atoms with Crippen LogP contribution in [0.1, 0.15) is 63.4 Å². The summed E-state index contributed by atoms with van der Waals surface area (Å²) in [7, 11) is 0. The van der Waals surface area contributed by atoms with Gasteiger partial charge >= 0.3 is 6.09 Å². The summed E-state index contributed by atoms with van der Waals surface area (Å²) in [6.07, 6.45) is 4.79. The number of alkyl carbamates (subject to hydrolysis) is 1. The summed E-state index contributed by atoms with van der Waals surface area (Å²) in [5.74, 6) is 1.51. The van der Waals surface area contributed by atoms with Gasteiger partial charge in [-0.3, -0.25) is 5.10 Å². The second-order valence-corrected chi connectivity index (χ2v) is 8.02. The van der Waals surface area contributed by atoms with Crippen molar-refractivity contribution in [1.82, 2.24) is 30.1 Å². The van der Waals surface area contributed by atoms with Gasteiger partial charge in [-0.15, -0.1) is 0 Å². The van der Waals surface area contributed by atoms with Gasteiger partial charge in [-0.05, 0) is 46.1 Å². The Morgan fingerprint density at radius 1 is 1.33 bits per heavy atom. The number of carbonyl (C=O) groups is 1. The van der Waals surface area contributed by atoms with E-state index in [1.54, 1.807) is 29.9 Å². The third-order valence-corrected chi connectivity index (χ3v) is 5.19. The van der Waals surface area contributed by atoms with Crippen molar-refractivity contribution in [2.45, 2.75) is 64.2 Å². The van der Waals surface area contributed by atoms with Crippen molar-refractivity contribution in [2.24, 2.45) is 0 Å². The Bertz CT molecular complexity index is 1030. The van der Waals surface area contributed by atoms with Crippen LogP contribution in [0.2, 0.25) is 0 Å². The topological polar surface area (TPSA) is 129 Å². The molecule has 1 amide bonds. The molecule has 0 aliphatic heterocycles. The average molecular weight is 413 g/mol. The minimum atomic E-state index is -0.658. The standard InChI is InChI=1S/C20H27N7O3/c1-11(2)22-20(29)30-14-5-4-13(8-14)16-10-18(25-24-16)23-19-17-9-15(12(3)28)26-27(17)7-6-21-19/h6-7,9-14,28H,4-5,8H2,1-3H3,(H,22,29)(H2,21,23,24,25)/t12?,13-,14+/m0/s1. The third-order valence-electron chi connectivity index (χ3n) is 5.19. The van der Waals surface area contributed by atoms with Crippen LogP contribution in [0.3, 0.4) is 0 Å². The number of fused-ring (bicyclic) bond motifs is 1. The smallest absolute Gasteiger partial charge is 0.407 e. The largest absolute Gasteiger partial charge is 0.446 e. The van der Waals surface area contributed by atoms with E-state index in [4.69, 9.17) is 4.74 Å². The molecule has 0 radical (unpaired) electrons. The summed E-state index contributed by atoms with van der Waals surface area (Å²) >= 11 is 0. The van der Waals surface area contributed by atoms with E-state index in [1.807, 2.05) is 19.9 Å². The van der Waals surface area contributed by atoms with Crippen LogP contribution in [0.15, 0.2) is 24.5 Å². The number of aliphatic hydroxyl groups excluding tert-OH is 1. The number of amides is 1. The fraction of sp³-hybridized carbons (Fsp3) is 0.500. The number of hydrogen-bond acceptors (Lipinski definition) is 7. The number of nitrogens with one attached hydrogen (secondary N) is 3. The lowest BCUT2D eigenvalue weighted by atomic mass is 10.0. The number of nitrogens with zero attached hydrogens (tertiary/aromatic N) is 4. The number of hydrogen-bond donors (Lipinski definition) is 4. The maximum absolute atomic E-state index is 11.8. The molecule has 0 aromatic carbocycles. The summed E-state index contributed by atoms with van der Waals surface area (Å²) in [4.78, 5) is 16.2. The van der Waals surface area contributed by atoms with E-state index in [1.165, 1.54) is 0 Å². The fourth-order valence-corrected chi connectivity index (χ4v) is 3.72. The Balaban J connectivity index is 1.42. The van der Waals surface area contributed by atoms with E-state index in [0.29, 0.717) is 17.3 Å². The highest BCUT2D eigenvalue weighted by molar-refractivity contribution is 5.72. The van der Waals surface area contributed by atoms with E-state index in [-0.39, 0.29) is 24.2 Å². The zero-order valence-corrected chi connectivity index (χ0v) is 17.3. The molecule has 3 atom stereocenters. The number of anilines is 2. The lowest BCUT2D eigenvalue weighted by Gasteiger charge is -2.14. The average Bonchev–Trinajstić information content (AvgIpc) is 3.39. The van der Waals surface area contributed by atoms with E-state index >= 15 is 0 Å². The summed E-state index contributed by atoms with van der Waals surface area (Å²) in [5, 5.41) is 27.5. The Morgan fingerprint density at radius 2 is 2.17 bits per heavy atom. The Labute approximate surface area is 174 Å². The number of H-pyrrole nitrogens is 1. The second-order valence-electron chi connectivity index (χ2n) is 8.02. The summed E-state index contributed by atoms with van der Waals surface area (Å²) in [5.41, 5.74) is 2.33. The van der Waals surface area contributed by atoms with Crippen molar-refractivity contribution in [3.05, 3.63) is 35.9 Å². The minimum Gasteiger partial charge on any atom is -0.446 e. The van der Waals surface area contributed by atoms with Crippen LogP contribution in [-0.4, -0.2) is 48.1 Å². The van der Waals surface area contributed by atoms with Crippen molar-refractivity contribution in [3.63, 3.8) is 0 Å². The van der Waals surface area contributed by atoms with Gasteiger partial charge in [0.2, 0.25) is 0 Å². The molecule has 10 heteroatoms.